The Balaban J connectivity index is 1.11. The number of hydrogen-bond acceptors (Lipinski definition) is 3. The van der Waals surface area contributed by atoms with Crippen molar-refractivity contribution in [1.82, 2.24) is 14.8 Å². The van der Waals surface area contributed by atoms with Crippen LogP contribution in [-0.2, 0) is 6.42 Å². The van der Waals surface area contributed by atoms with Crippen molar-refractivity contribution in [2.45, 2.75) is 39.0 Å². The topological polar surface area (TPSA) is 43.9 Å². The van der Waals surface area contributed by atoms with Gasteiger partial charge in [-0.3, -0.25) is 0 Å². The van der Waals surface area contributed by atoms with Crippen LogP contribution in [0.2, 0.25) is 0 Å². The fourth-order valence-electron chi connectivity index (χ4n) is 7.74. The zero-order valence-corrected chi connectivity index (χ0v) is 29.3. The highest BCUT2D eigenvalue weighted by atomic mass is 16.4. The molecule has 6 aromatic carbocycles. The summed E-state index contributed by atoms with van der Waals surface area (Å²) < 4.78 is 8.54. The Morgan fingerprint density at radius 1 is 0.558 bits per heavy atom. The molecule has 252 valence electrons. The Morgan fingerprint density at radius 3 is 1.79 bits per heavy atom. The van der Waals surface area contributed by atoms with Gasteiger partial charge in [-0.05, 0) is 108 Å². The maximum Gasteiger partial charge on any atom is 0.248 e. The molecular formula is C48H39N3O. The van der Waals surface area contributed by atoms with Crippen LogP contribution in [0.3, 0.4) is 0 Å². The highest BCUT2D eigenvalue weighted by Crippen LogP contribution is 2.42. The molecule has 0 N–H and O–H groups in total. The number of unbranched alkanes of at least 4 members (excludes halogenated alkanes) is 1. The number of para-hydroxylation sites is 1. The number of hydrogen-bond donors (Lipinski definition) is 0. The summed E-state index contributed by atoms with van der Waals surface area (Å²) in [6.45, 7) is 2.28. The van der Waals surface area contributed by atoms with E-state index in [-0.39, 0.29) is 0 Å². The zero-order valence-electron chi connectivity index (χ0n) is 29.3. The summed E-state index contributed by atoms with van der Waals surface area (Å²) in [5, 5.41) is 9.95. The van der Waals surface area contributed by atoms with Gasteiger partial charge in [-0.1, -0.05) is 128 Å². The molecule has 8 aromatic rings. The predicted octanol–water partition coefficient (Wildman–Crippen LogP) is 12.9. The van der Waals surface area contributed by atoms with E-state index in [0.717, 1.165) is 29.5 Å². The van der Waals surface area contributed by atoms with Crippen molar-refractivity contribution in [3.05, 3.63) is 168 Å². The third kappa shape index (κ3) is 5.86. The summed E-state index contributed by atoms with van der Waals surface area (Å²) in [6.07, 6.45) is 8.34. The highest BCUT2D eigenvalue weighted by Gasteiger charge is 2.22. The van der Waals surface area contributed by atoms with E-state index in [9.17, 15) is 0 Å². The van der Waals surface area contributed by atoms with Gasteiger partial charge in [-0.2, -0.15) is 0 Å². The summed E-state index contributed by atoms with van der Waals surface area (Å²) in [5.74, 6) is 1.03. The third-order valence-corrected chi connectivity index (χ3v) is 10.3. The van der Waals surface area contributed by atoms with E-state index in [4.69, 9.17) is 4.42 Å². The highest BCUT2D eigenvalue weighted by molar-refractivity contribution is 5.99. The second-order valence-electron chi connectivity index (χ2n) is 13.6. The fourth-order valence-corrected chi connectivity index (χ4v) is 7.74. The first-order chi connectivity index (χ1) is 25.7. The molecule has 9 rings (SSSR count). The zero-order chi connectivity index (χ0) is 34.9. The lowest BCUT2D eigenvalue weighted by molar-refractivity contribution is 0.584. The molecule has 0 bridgehead atoms. The standard InChI is InChI=1S/C48H39N3O/c1-2-3-14-33-23-29-45-43(31-33)44-32-37(28-30-46(44)51(45)38-17-8-5-9-18-38)40-20-11-13-22-42(40)41-21-12-10-19-39(41)34-24-26-36(27-25-34)48-50-49-47(52-48)35-15-6-4-7-16-35/h4-13,15-22,24-28,30-32H,2-3,14,23,29H2,1H3. The first-order valence-electron chi connectivity index (χ1n) is 18.4. The number of nitrogens with zero attached hydrogens (tertiary/aromatic N) is 3. The molecule has 0 unspecified atom stereocenters. The van der Waals surface area contributed by atoms with Crippen LogP contribution in [0.1, 0.15) is 43.9 Å². The summed E-state index contributed by atoms with van der Waals surface area (Å²) >= 11 is 0. The molecule has 0 spiro atoms. The molecular weight excluding hydrogens is 635 g/mol. The lowest BCUT2D eigenvalue weighted by Gasteiger charge is -2.17. The van der Waals surface area contributed by atoms with Crippen LogP contribution in [0.5, 0.6) is 0 Å². The molecule has 1 aliphatic carbocycles. The average molecular weight is 674 g/mol. The summed E-state index contributed by atoms with van der Waals surface area (Å²) in [4.78, 5) is 0. The van der Waals surface area contributed by atoms with Gasteiger partial charge in [0.2, 0.25) is 11.8 Å². The number of aromatic nitrogens is 3. The maximum atomic E-state index is 6.05. The van der Waals surface area contributed by atoms with Crippen molar-refractivity contribution in [3.63, 3.8) is 0 Å². The quantitative estimate of drug-likeness (QED) is 0.153. The Morgan fingerprint density at radius 2 is 1.12 bits per heavy atom. The van der Waals surface area contributed by atoms with Crippen molar-refractivity contribution in [2.75, 3.05) is 0 Å². The van der Waals surface area contributed by atoms with E-state index in [2.05, 4.69) is 149 Å². The second-order valence-corrected chi connectivity index (χ2v) is 13.6. The van der Waals surface area contributed by atoms with Crippen LogP contribution in [-0.4, -0.2) is 14.8 Å². The van der Waals surface area contributed by atoms with Crippen LogP contribution >= 0.6 is 0 Å². The van der Waals surface area contributed by atoms with Gasteiger partial charge in [0, 0.05) is 33.5 Å². The molecule has 0 atom stereocenters. The fraction of sp³-hybridized carbons (Fsp3) is 0.125. The van der Waals surface area contributed by atoms with Gasteiger partial charge in [0.15, 0.2) is 0 Å². The molecule has 0 fully saturated rings. The van der Waals surface area contributed by atoms with Gasteiger partial charge in [0.1, 0.15) is 0 Å². The first kappa shape index (κ1) is 31.7. The van der Waals surface area contributed by atoms with Crippen LogP contribution in [0, 0.1) is 0 Å². The van der Waals surface area contributed by atoms with Crippen LogP contribution in [0.25, 0.3) is 79.0 Å². The van der Waals surface area contributed by atoms with E-state index >= 15 is 0 Å². The molecule has 0 saturated carbocycles. The molecule has 0 aliphatic heterocycles. The minimum absolute atomic E-state index is 0.509. The molecule has 2 aromatic heterocycles. The van der Waals surface area contributed by atoms with Crippen LogP contribution in [0.15, 0.2) is 162 Å². The van der Waals surface area contributed by atoms with Gasteiger partial charge in [0.05, 0.1) is 5.52 Å². The molecule has 52 heavy (non-hydrogen) atoms. The van der Waals surface area contributed by atoms with E-state index in [1.807, 2.05) is 30.3 Å². The minimum Gasteiger partial charge on any atom is -0.416 e. The summed E-state index contributed by atoms with van der Waals surface area (Å²) in [5.41, 5.74) is 15.8. The normalized spacial score (nSPS) is 12.5. The van der Waals surface area contributed by atoms with Crippen molar-refractivity contribution in [3.8, 4) is 62.0 Å². The van der Waals surface area contributed by atoms with Gasteiger partial charge >= 0.3 is 0 Å². The second kappa shape index (κ2) is 13.8. The predicted molar refractivity (Wildman–Crippen MR) is 214 cm³/mol. The SMILES string of the molecule is CCCCC1=Cc2c(n(-c3ccccc3)c3ccc(-c4ccccc4-c4ccccc4-c4ccc(-c5nnc(-c6ccccc6)o5)cc4)cc23)CC1. The summed E-state index contributed by atoms with van der Waals surface area (Å²) in [6, 6.07) is 53.7. The number of allylic oxidation sites excluding steroid dienone is 1. The van der Waals surface area contributed by atoms with E-state index < -0.39 is 0 Å². The molecule has 0 amide bonds. The van der Waals surface area contributed by atoms with Crippen molar-refractivity contribution >= 4 is 17.0 Å². The largest absolute Gasteiger partial charge is 0.416 e. The Labute approximate surface area is 304 Å². The Kier molecular flexibility index (Phi) is 8.42. The molecule has 4 nitrogen and oxygen atoms in total. The monoisotopic (exact) mass is 673 g/mol. The minimum atomic E-state index is 0.509. The van der Waals surface area contributed by atoms with Gasteiger partial charge in [-0.25, -0.2) is 0 Å². The van der Waals surface area contributed by atoms with Gasteiger partial charge < -0.3 is 8.98 Å². The molecule has 0 saturated heterocycles. The lowest BCUT2D eigenvalue weighted by Crippen LogP contribution is -2.05. The number of benzene rings is 6. The van der Waals surface area contributed by atoms with E-state index in [1.54, 1.807) is 5.57 Å². The Bertz CT molecular complexity index is 2540. The van der Waals surface area contributed by atoms with Gasteiger partial charge in [-0.15, -0.1) is 10.2 Å². The molecule has 4 heteroatoms. The summed E-state index contributed by atoms with van der Waals surface area (Å²) in [7, 11) is 0. The van der Waals surface area contributed by atoms with E-state index in [0.29, 0.717) is 11.8 Å². The molecule has 1 aliphatic rings. The smallest absolute Gasteiger partial charge is 0.248 e. The van der Waals surface area contributed by atoms with Crippen molar-refractivity contribution in [2.24, 2.45) is 0 Å². The molecule has 2 heterocycles. The Hall–Kier alpha value is -6.26. The van der Waals surface area contributed by atoms with Gasteiger partial charge in [0.25, 0.3) is 0 Å². The maximum absolute atomic E-state index is 6.05. The average Bonchev–Trinajstić information content (AvgIpc) is 3.84. The lowest BCUT2D eigenvalue weighted by atomic mass is 9.88. The van der Waals surface area contributed by atoms with Crippen LogP contribution in [0.4, 0.5) is 0 Å². The first-order valence-corrected chi connectivity index (χ1v) is 18.4. The number of fused-ring (bicyclic) bond motifs is 3. The molecule has 0 radical (unpaired) electrons. The van der Waals surface area contributed by atoms with Crippen molar-refractivity contribution in [1.29, 1.82) is 0 Å². The van der Waals surface area contributed by atoms with Crippen molar-refractivity contribution < 1.29 is 4.42 Å². The third-order valence-electron chi connectivity index (χ3n) is 10.3. The van der Waals surface area contributed by atoms with E-state index in [1.165, 1.54) is 74.9 Å². The number of rotatable bonds is 9. The van der Waals surface area contributed by atoms with Crippen LogP contribution < -0.4 is 0 Å².